The molecule has 2 saturated carbocycles. The van der Waals surface area contributed by atoms with Crippen LogP contribution in [0.1, 0.15) is 68.9 Å². The molecule has 11 heteroatoms. The van der Waals surface area contributed by atoms with Crippen LogP contribution in [0.3, 0.4) is 0 Å². The van der Waals surface area contributed by atoms with Crippen molar-refractivity contribution < 1.29 is 35.9 Å². The predicted molar refractivity (Wildman–Crippen MR) is 114 cm³/mol. The van der Waals surface area contributed by atoms with Gasteiger partial charge in [0, 0.05) is 30.1 Å². The molecule has 2 amide bonds. The van der Waals surface area contributed by atoms with Gasteiger partial charge in [-0.15, -0.1) is 0 Å². The molecular formula is C23H29F6N3O2. The van der Waals surface area contributed by atoms with Crippen LogP contribution >= 0.6 is 0 Å². The van der Waals surface area contributed by atoms with E-state index in [2.05, 4.69) is 10.6 Å². The van der Waals surface area contributed by atoms with Crippen LogP contribution in [0.4, 0.5) is 32.0 Å². The van der Waals surface area contributed by atoms with Gasteiger partial charge < -0.3 is 16.4 Å². The molecule has 190 valence electrons. The number of benzene rings is 1. The fourth-order valence-electron chi connectivity index (χ4n) is 4.83. The Labute approximate surface area is 193 Å². The SMILES string of the molecule is N[C@H]1CC(CC(=O)Nc2cc(C(F)(F)F)cc(C(F)(F)F)c2)CC[C@H]1NC(=O)C1CCCCC1. The maximum atomic E-state index is 13.0. The molecule has 0 aromatic heterocycles. The van der Waals surface area contributed by atoms with Crippen LogP contribution in [0, 0.1) is 11.8 Å². The van der Waals surface area contributed by atoms with E-state index < -0.39 is 35.1 Å². The summed E-state index contributed by atoms with van der Waals surface area (Å²) in [6.45, 7) is 0. The summed E-state index contributed by atoms with van der Waals surface area (Å²) in [4.78, 5) is 24.9. The van der Waals surface area contributed by atoms with E-state index in [4.69, 9.17) is 5.73 Å². The number of carbonyl (C=O) groups excluding carboxylic acids is 2. The summed E-state index contributed by atoms with van der Waals surface area (Å²) in [5.41, 5.74) is 2.67. The molecule has 1 aromatic carbocycles. The first-order valence-corrected chi connectivity index (χ1v) is 11.5. The quantitative estimate of drug-likeness (QED) is 0.490. The van der Waals surface area contributed by atoms with Gasteiger partial charge in [-0.3, -0.25) is 9.59 Å². The number of anilines is 1. The lowest BCUT2D eigenvalue weighted by molar-refractivity contribution is -0.143. The van der Waals surface area contributed by atoms with Crippen LogP contribution in [-0.2, 0) is 21.9 Å². The average molecular weight is 493 g/mol. The largest absolute Gasteiger partial charge is 0.416 e. The zero-order valence-corrected chi connectivity index (χ0v) is 18.6. The van der Waals surface area contributed by atoms with Crippen LogP contribution in [0.15, 0.2) is 18.2 Å². The van der Waals surface area contributed by atoms with Gasteiger partial charge in [-0.25, -0.2) is 0 Å². The third-order valence-electron chi connectivity index (χ3n) is 6.66. The van der Waals surface area contributed by atoms with Crippen LogP contribution < -0.4 is 16.4 Å². The Bertz CT molecular complexity index is 848. The molecule has 3 atom stereocenters. The minimum Gasteiger partial charge on any atom is -0.352 e. The van der Waals surface area contributed by atoms with Crippen molar-refractivity contribution in [1.29, 1.82) is 0 Å². The van der Waals surface area contributed by atoms with Crippen molar-refractivity contribution in [2.45, 2.75) is 82.2 Å². The Kier molecular flexibility index (Phi) is 8.15. The van der Waals surface area contributed by atoms with Crippen molar-refractivity contribution in [3.05, 3.63) is 29.3 Å². The van der Waals surface area contributed by atoms with E-state index in [0.717, 1.165) is 32.1 Å². The summed E-state index contributed by atoms with van der Waals surface area (Å²) in [7, 11) is 0. The second-order valence-corrected chi connectivity index (χ2v) is 9.34. The lowest BCUT2D eigenvalue weighted by Crippen LogP contribution is -2.52. The molecule has 5 nitrogen and oxygen atoms in total. The van der Waals surface area contributed by atoms with Crippen molar-refractivity contribution in [3.8, 4) is 0 Å². The zero-order chi connectivity index (χ0) is 25.1. The van der Waals surface area contributed by atoms with Gasteiger partial charge >= 0.3 is 12.4 Å². The minimum absolute atomic E-state index is 0.00126. The topological polar surface area (TPSA) is 84.2 Å². The predicted octanol–water partition coefficient (Wildman–Crippen LogP) is 5.25. The Morgan fingerprint density at radius 1 is 0.882 bits per heavy atom. The van der Waals surface area contributed by atoms with E-state index in [9.17, 15) is 35.9 Å². The van der Waals surface area contributed by atoms with Gasteiger partial charge in [0.25, 0.3) is 0 Å². The zero-order valence-electron chi connectivity index (χ0n) is 18.6. The Hall–Kier alpha value is -2.30. The highest BCUT2D eigenvalue weighted by Gasteiger charge is 2.37. The number of hydrogen-bond donors (Lipinski definition) is 3. The summed E-state index contributed by atoms with van der Waals surface area (Å²) in [5.74, 6) is -0.875. The van der Waals surface area contributed by atoms with Gasteiger partial charge in [-0.05, 0) is 56.2 Å². The molecule has 34 heavy (non-hydrogen) atoms. The molecule has 1 aromatic rings. The van der Waals surface area contributed by atoms with Crippen LogP contribution in [0.2, 0.25) is 0 Å². The molecule has 0 radical (unpaired) electrons. The van der Waals surface area contributed by atoms with E-state index >= 15 is 0 Å². The van der Waals surface area contributed by atoms with Gasteiger partial charge in [0.1, 0.15) is 0 Å². The lowest BCUT2D eigenvalue weighted by atomic mass is 9.80. The summed E-state index contributed by atoms with van der Waals surface area (Å²) in [6.07, 6.45) is -3.62. The van der Waals surface area contributed by atoms with E-state index in [1.54, 1.807) is 0 Å². The molecule has 0 bridgehead atoms. The Balaban J connectivity index is 1.56. The maximum Gasteiger partial charge on any atom is 0.416 e. The lowest BCUT2D eigenvalue weighted by Gasteiger charge is -2.35. The molecule has 0 heterocycles. The number of hydrogen-bond acceptors (Lipinski definition) is 3. The first-order valence-electron chi connectivity index (χ1n) is 11.5. The van der Waals surface area contributed by atoms with Gasteiger partial charge in [-0.1, -0.05) is 19.3 Å². The van der Waals surface area contributed by atoms with Crippen LogP contribution in [-0.4, -0.2) is 23.9 Å². The molecule has 2 aliphatic carbocycles. The highest BCUT2D eigenvalue weighted by atomic mass is 19.4. The van der Waals surface area contributed by atoms with Gasteiger partial charge in [0.15, 0.2) is 0 Å². The normalized spacial score (nSPS) is 24.5. The molecule has 3 rings (SSSR count). The first-order chi connectivity index (χ1) is 15.8. The van der Waals surface area contributed by atoms with Crippen molar-refractivity contribution in [2.24, 2.45) is 17.6 Å². The van der Waals surface area contributed by atoms with Crippen molar-refractivity contribution in [1.82, 2.24) is 5.32 Å². The van der Waals surface area contributed by atoms with Gasteiger partial charge in [0.05, 0.1) is 11.1 Å². The smallest absolute Gasteiger partial charge is 0.352 e. The monoisotopic (exact) mass is 493 g/mol. The number of nitrogens with one attached hydrogen (secondary N) is 2. The maximum absolute atomic E-state index is 13.0. The van der Waals surface area contributed by atoms with Crippen LogP contribution in [0.5, 0.6) is 0 Å². The second-order valence-electron chi connectivity index (χ2n) is 9.34. The molecule has 0 saturated heterocycles. The summed E-state index contributed by atoms with van der Waals surface area (Å²) in [6, 6.07) is 0.376. The first kappa shape index (κ1) is 26.3. The Morgan fingerprint density at radius 3 is 2.00 bits per heavy atom. The third-order valence-corrected chi connectivity index (χ3v) is 6.66. The molecule has 1 unspecified atom stereocenters. The fourth-order valence-corrected chi connectivity index (χ4v) is 4.83. The number of amides is 2. The molecule has 2 fully saturated rings. The molecule has 2 aliphatic rings. The molecule has 0 aliphatic heterocycles. The number of alkyl halides is 6. The summed E-state index contributed by atoms with van der Waals surface area (Å²) >= 11 is 0. The van der Waals surface area contributed by atoms with E-state index in [1.165, 1.54) is 0 Å². The third kappa shape index (κ3) is 7.10. The fraction of sp³-hybridized carbons (Fsp3) is 0.652. The minimum atomic E-state index is -4.99. The number of rotatable bonds is 5. The molecular weight excluding hydrogens is 464 g/mol. The number of carbonyl (C=O) groups is 2. The van der Waals surface area contributed by atoms with Gasteiger partial charge in [-0.2, -0.15) is 26.3 Å². The van der Waals surface area contributed by atoms with E-state index in [1.807, 2.05) is 0 Å². The number of nitrogens with two attached hydrogens (primary N) is 1. The summed E-state index contributed by atoms with van der Waals surface area (Å²) < 4.78 is 78.1. The summed E-state index contributed by atoms with van der Waals surface area (Å²) in [5, 5.41) is 5.18. The van der Waals surface area contributed by atoms with Crippen LogP contribution in [0.25, 0.3) is 0 Å². The second kappa shape index (κ2) is 10.5. The van der Waals surface area contributed by atoms with Crippen molar-refractivity contribution in [3.63, 3.8) is 0 Å². The standard InChI is InChI=1S/C23H29F6N3O2/c24-22(25,26)15-10-16(23(27,28)29)12-17(11-15)31-20(33)9-13-6-7-19(18(30)8-13)32-21(34)14-4-2-1-3-5-14/h10-14,18-19H,1-9,30H2,(H,31,33)(H,32,34)/t13?,18-,19+/m0/s1. The van der Waals surface area contributed by atoms with Crippen molar-refractivity contribution >= 4 is 17.5 Å². The Morgan fingerprint density at radius 2 is 1.47 bits per heavy atom. The average Bonchev–Trinajstić information content (AvgIpc) is 2.74. The number of halogens is 6. The van der Waals surface area contributed by atoms with Crippen molar-refractivity contribution in [2.75, 3.05) is 5.32 Å². The van der Waals surface area contributed by atoms with Gasteiger partial charge in [0.2, 0.25) is 11.8 Å². The molecule has 0 spiro atoms. The van der Waals surface area contributed by atoms with E-state index in [0.29, 0.717) is 31.4 Å². The van der Waals surface area contributed by atoms with E-state index in [-0.39, 0.29) is 42.3 Å². The highest BCUT2D eigenvalue weighted by molar-refractivity contribution is 5.91. The molecule has 4 N–H and O–H groups in total. The highest BCUT2D eigenvalue weighted by Crippen LogP contribution is 2.38.